The summed E-state index contributed by atoms with van der Waals surface area (Å²) in [5.74, 6) is -2.39. The highest BCUT2D eigenvalue weighted by Gasteiger charge is 2.35. The van der Waals surface area contributed by atoms with Crippen LogP contribution >= 0.6 is 0 Å². The molecule has 2 N–H and O–H groups in total. The molecule has 2 aromatic rings. The summed E-state index contributed by atoms with van der Waals surface area (Å²) < 4.78 is 64.9. The Morgan fingerprint density at radius 2 is 1.97 bits per heavy atom. The molecule has 0 radical (unpaired) electrons. The molecule has 7 nitrogen and oxygen atoms in total. The lowest BCUT2D eigenvalue weighted by Crippen LogP contribution is -2.23. The molecule has 2 amide bonds. The number of dihydropyridines is 1. The van der Waals surface area contributed by atoms with Crippen molar-refractivity contribution in [2.75, 3.05) is 25.1 Å². The first-order chi connectivity index (χ1) is 16.6. The van der Waals surface area contributed by atoms with Gasteiger partial charge in [0, 0.05) is 18.5 Å². The number of carbonyl (C=O) groups excluding carboxylic acids is 2. The van der Waals surface area contributed by atoms with Gasteiger partial charge in [-0.15, -0.1) is 0 Å². The van der Waals surface area contributed by atoms with Gasteiger partial charge in [0.1, 0.15) is 18.2 Å². The number of amides is 2. The Labute approximate surface area is 198 Å². The predicted molar refractivity (Wildman–Crippen MR) is 120 cm³/mol. The van der Waals surface area contributed by atoms with Gasteiger partial charge in [-0.1, -0.05) is 12.1 Å². The minimum atomic E-state index is -4.75. The highest BCUT2D eigenvalue weighted by molar-refractivity contribution is 6.17. The number of hydrogen-bond donors (Lipinski definition) is 2. The van der Waals surface area contributed by atoms with Crippen molar-refractivity contribution < 1.29 is 41.7 Å². The summed E-state index contributed by atoms with van der Waals surface area (Å²) in [6.07, 6.45) is -3.23. The van der Waals surface area contributed by atoms with Crippen LogP contribution in [0.25, 0.3) is 5.57 Å². The Balaban J connectivity index is 1.72. The van der Waals surface area contributed by atoms with Crippen molar-refractivity contribution in [2.24, 2.45) is 4.99 Å². The van der Waals surface area contributed by atoms with Crippen LogP contribution in [-0.2, 0) is 26.9 Å². The highest BCUT2D eigenvalue weighted by atomic mass is 19.4. The van der Waals surface area contributed by atoms with Crippen molar-refractivity contribution in [2.45, 2.75) is 25.6 Å². The van der Waals surface area contributed by atoms with E-state index in [9.17, 15) is 27.2 Å². The van der Waals surface area contributed by atoms with Crippen molar-refractivity contribution in [1.82, 2.24) is 0 Å². The number of aliphatic imine (C=N–C) groups is 1. The molecule has 1 atom stereocenters. The molecule has 0 saturated heterocycles. The number of hydrogen-bond acceptors (Lipinski definition) is 5. The fraction of sp³-hybridized carbons (Fsp3) is 0.292. The van der Waals surface area contributed by atoms with Gasteiger partial charge in [-0.2, -0.15) is 13.2 Å². The Kier molecular flexibility index (Phi) is 8.36. The van der Waals surface area contributed by atoms with E-state index in [0.29, 0.717) is 23.8 Å². The van der Waals surface area contributed by atoms with Crippen LogP contribution in [0.1, 0.15) is 23.6 Å². The van der Waals surface area contributed by atoms with Gasteiger partial charge < -0.3 is 19.9 Å². The van der Waals surface area contributed by atoms with Crippen LogP contribution in [0.4, 0.5) is 23.2 Å². The summed E-state index contributed by atoms with van der Waals surface area (Å²) in [6, 6.07) is 7.03. The molecule has 1 aliphatic rings. The topological polar surface area (TPSA) is 97.2 Å². The zero-order chi connectivity index (χ0) is 25.6. The number of rotatable bonds is 9. The van der Waals surface area contributed by atoms with Gasteiger partial charge in [0.15, 0.2) is 6.10 Å². The zero-order valence-corrected chi connectivity index (χ0v) is 18.6. The number of carbonyl (C=O) groups is 2. The molecular formula is C24H22F4N2O5. The van der Waals surface area contributed by atoms with Crippen LogP contribution in [0.15, 0.2) is 47.5 Å². The van der Waals surface area contributed by atoms with E-state index in [4.69, 9.17) is 14.6 Å². The molecule has 1 unspecified atom stereocenters. The molecule has 3 rings (SSSR count). The molecule has 186 valence electrons. The lowest BCUT2D eigenvalue weighted by molar-refractivity contribution is -0.139. The van der Waals surface area contributed by atoms with E-state index in [1.807, 2.05) is 0 Å². The number of alkyl halides is 3. The fourth-order valence-corrected chi connectivity index (χ4v) is 3.31. The molecule has 0 bridgehead atoms. The first-order valence-corrected chi connectivity index (χ1v) is 10.6. The standard InChI is InChI=1S/C24H22F4N2O5/c1-2-34-21-10-16(13-29-23(21)33)14-3-4-15(19(25)9-14)11-22(32)30-17-5-6-20(35-8-7-31)18(12-17)24(26,27)28/h3-6,9-10,12-13,21,31H,2,7-8,11H2,1H3,(H,30,32). The second kappa shape index (κ2) is 11.2. The third kappa shape index (κ3) is 6.74. The first-order valence-electron chi connectivity index (χ1n) is 10.6. The SMILES string of the molecule is CCOC1C=C(c2ccc(CC(=O)Nc3ccc(OCCO)c(C(F)(F)F)c3)c(F)c2)C=NC1=O. The molecule has 0 aromatic heterocycles. The van der Waals surface area contributed by atoms with Crippen LogP contribution in [-0.4, -0.2) is 49.1 Å². The number of ether oxygens (including phenoxy) is 2. The van der Waals surface area contributed by atoms with E-state index in [2.05, 4.69) is 10.3 Å². The fourth-order valence-electron chi connectivity index (χ4n) is 3.31. The number of benzene rings is 2. The van der Waals surface area contributed by atoms with E-state index in [0.717, 1.165) is 6.07 Å². The molecular weight excluding hydrogens is 472 g/mol. The maximum atomic E-state index is 14.7. The van der Waals surface area contributed by atoms with E-state index in [1.165, 1.54) is 36.6 Å². The highest BCUT2D eigenvalue weighted by Crippen LogP contribution is 2.38. The molecule has 0 aliphatic carbocycles. The quantitative estimate of drug-likeness (QED) is 0.517. The number of halogens is 4. The summed E-state index contributed by atoms with van der Waals surface area (Å²) in [4.78, 5) is 27.8. The third-order valence-corrected chi connectivity index (χ3v) is 4.91. The Morgan fingerprint density at radius 3 is 2.63 bits per heavy atom. The molecule has 1 heterocycles. The van der Waals surface area contributed by atoms with Crippen molar-refractivity contribution >= 4 is 29.3 Å². The van der Waals surface area contributed by atoms with Crippen molar-refractivity contribution in [1.29, 1.82) is 0 Å². The van der Waals surface area contributed by atoms with Crippen molar-refractivity contribution in [3.63, 3.8) is 0 Å². The van der Waals surface area contributed by atoms with Crippen LogP contribution in [0.2, 0.25) is 0 Å². The molecule has 1 aliphatic heterocycles. The summed E-state index contributed by atoms with van der Waals surface area (Å²) in [5.41, 5.74) is -0.352. The molecule has 0 saturated carbocycles. The van der Waals surface area contributed by atoms with Gasteiger partial charge in [-0.3, -0.25) is 9.59 Å². The Bertz CT molecular complexity index is 1160. The summed E-state index contributed by atoms with van der Waals surface area (Å²) in [6.45, 7) is 1.23. The van der Waals surface area contributed by atoms with Gasteiger partial charge in [0.25, 0.3) is 5.91 Å². The monoisotopic (exact) mass is 494 g/mol. The second-order valence-electron chi connectivity index (χ2n) is 7.41. The van der Waals surface area contributed by atoms with E-state index < -0.39 is 54.3 Å². The van der Waals surface area contributed by atoms with Gasteiger partial charge in [0.2, 0.25) is 5.91 Å². The second-order valence-corrected chi connectivity index (χ2v) is 7.41. The van der Waals surface area contributed by atoms with Crippen LogP contribution < -0.4 is 10.1 Å². The average molecular weight is 494 g/mol. The van der Waals surface area contributed by atoms with Gasteiger partial charge in [-0.05, 0) is 54.0 Å². The van der Waals surface area contributed by atoms with E-state index in [-0.39, 0.29) is 17.9 Å². The summed E-state index contributed by atoms with van der Waals surface area (Å²) >= 11 is 0. The molecule has 11 heteroatoms. The average Bonchev–Trinajstić information content (AvgIpc) is 2.80. The molecule has 0 fully saturated rings. The largest absolute Gasteiger partial charge is 0.491 e. The zero-order valence-electron chi connectivity index (χ0n) is 18.6. The number of nitrogens with one attached hydrogen (secondary N) is 1. The minimum absolute atomic E-state index is 0.0241. The number of aliphatic hydroxyl groups is 1. The normalized spacial score (nSPS) is 15.7. The lowest BCUT2D eigenvalue weighted by atomic mass is 10.00. The Hall–Kier alpha value is -3.57. The number of nitrogens with zero attached hydrogens (tertiary/aromatic N) is 1. The number of allylic oxidation sites excluding steroid dienone is 1. The van der Waals surface area contributed by atoms with E-state index >= 15 is 0 Å². The number of aliphatic hydroxyl groups excluding tert-OH is 1. The number of anilines is 1. The van der Waals surface area contributed by atoms with Gasteiger partial charge in [0.05, 0.1) is 18.6 Å². The molecule has 2 aromatic carbocycles. The van der Waals surface area contributed by atoms with Gasteiger partial charge >= 0.3 is 6.18 Å². The first kappa shape index (κ1) is 26.0. The smallest absolute Gasteiger partial charge is 0.420 e. The van der Waals surface area contributed by atoms with Gasteiger partial charge in [-0.25, -0.2) is 9.38 Å². The summed E-state index contributed by atoms with van der Waals surface area (Å²) in [5, 5.41) is 11.1. The minimum Gasteiger partial charge on any atom is -0.491 e. The predicted octanol–water partition coefficient (Wildman–Crippen LogP) is 3.80. The van der Waals surface area contributed by atoms with Crippen molar-refractivity contribution in [3.05, 3.63) is 65.0 Å². The van der Waals surface area contributed by atoms with E-state index in [1.54, 1.807) is 6.92 Å². The summed E-state index contributed by atoms with van der Waals surface area (Å²) in [7, 11) is 0. The van der Waals surface area contributed by atoms with Crippen LogP contribution in [0.5, 0.6) is 5.75 Å². The Morgan fingerprint density at radius 1 is 1.20 bits per heavy atom. The lowest BCUT2D eigenvalue weighted by Gasteiger charge is -2.16. The maximum Gasteiger partial charge on any atom is 0.420 e. The maximum absolute atomic E-state index is 14.7. The molecule has 35 heavy (non-hydrogen) atoms. The third-order valence-electron chi connectivity index (χ3n) is 4.91. The van der Waals surface area contributed by atoms with Crippen LogP contribution in [0.3, 0.4) is 0 Å². The molecule has 0 spiro atoms. The van der Waals surface area contributed by atoms with Crippen LogP contribution in [0, 0.1) is 5.82 Å². The van der Waals surface area contributed by atoms with Crippen molar-refractivity contribution in [3.8, 4) is 5.75 Å².